The molecule has 0 radical (unpaired) electrons. The zero-order valence-electron chi connectivity index (χ0n) is 17.2. The number of nitrogens with zero attached hydrogens (tertiary/aromatic N) is 2. The lowest BCUT2D eigenvalue weighted by Crippen LogP contribution is -2.47. The Balaban J connectivity index is 1.33. The van der Waals surface area contributed by atoms with Gasteiger partial charge in [0, 0.05) is 39.3 Å². The zero-order valence-corrected chi connectivity index (χ0v) is 17.2. The number of hydrogen-bond acceptors (Lipinski definition) is 4. The minimum atomic E-state index is -0.374. The minimum Gasteiger partial charge on any atom is -0.372 e. The van der Waals surface area contributed by atoms with Crippen molar-refractivity contribution in [3.63, 3.8) is 0 Å². The van der Waals surface area contributed by atoms with Gasteiger partial charge >= 0.3 is 0 Å². The molecular formula is C22H34FN3O2. The van der Waals surface area contributed by atoms with Crippen LogP contribution in [0.1, 0.15) is 39.0 Å². The first-order valence-corrected chi connectivity index (χ1v) is 10.6. The number of piperazine rings is 1. The summed E-state index contributed by atoms with van der Waals surface area (Å²) < 4.78 is 19.0. The number of hydrogen-bond donors (Lipinski definition) is 1. The molecule has 0 spiro atoms. The number of ether oxygens (including phenoxy) is 1. The predicted molar refractivity (Wildman–Crippen MR) is 110 cm³/mol. The Morgan fingerprint density at radius 1 is 1.18 bits per heavy atom. The molecule has 0 bridgehead atoms. The van der Waals surface area contributed by atoms with Gasteiger partial charge in [-0.25, -0.2) is 4.39 Å². The van der Waals surface area contributed by atoms with Crippen LogP contribution in [0.5, 0.6) is 0 Å². The molecule has 1 saturated carbocycles. The van der Waals surface area contributed by atoms with Crippen LogP contribution in [-0.2, 0) is 9.53 Å². The van der Waals surface area contributed by atoms with Crippen molar-refractivity contribution in [2.24, 2.45) is 5.92 Å². The SMILES string of the molecule is COC(C)C(=O)NC1CCC(CCN2CCN(c3ccccc3F)CC2)CC1. The van der Waals surface area contributed by atoms with E-state index in [-0.39, 0.29) is 17.8 Å². The molecule has 1 aliphatic heterocycles. The summed E-state index contributed by atoms with van der Waals surface area (Å²) in [6, 6.07) is 7.35. The second-order valence-electron chi connectivity index (χ2n) is 8.17. The number of carbonyl (C=O) groups is 1. The number of benzene rings is 1. The van der Waals surface area contributed by atoms with Crippen LogP contribution in [0.25, 0.3) is 0 Å². The van der Waals surface area contributed by atoms with Crippen molar-refractivity contribution in [1.82, 2.24) is 10.2 Å². The lowest BCUT2D eigenvalue weighted by Gasteiger charge is -2.37. The molecule has 1 aliphatic carbocycles. The number of anilines is 1. The quantitative estimate of drug-likeness (QED) is 0.776. The maximum atomic E-state index is 13.9. The van der Waals surface area contributed by atoms with E-state index in [0.717, 1.165) is 57.2 Å². The summed E-state index contributed by atoms with van der Waals surface area (Å²) in [5.74, 6) is 0.621. The van der Waals surface area contributed by atoms with E-state index >= 15 is 0 Å². The number of halogens is 1. The van der Waals surface area contributed by atoms with E-state index in [9.17, 15) is 9.18 Å². The monoisotopic (exact) mass is 391 g/mol. The molecular weight excluding hydrogens is 357 g/mol. The molecule has 1 atom stereocenters. The Hall–Kier alpha value is -1.66. The Labute approximate surface area is 168 Å². The molecule has 1 amide bonds. The van der Waals surface area contributed by atoms with E-state index in [1.807, 2.05) is 12.1 Å². The number of rotatable bonds is 7. The third-order valence-electron chi connectivity index (χ3n) is 6.33. The van der Waals surface area contributed by atoms with E-state index in [1.54, 1.807) is 20.1 Å². The molecule has 0 aromatic heterocycles. The van der Waals surface area contributed by atoms with E-state index in [4.69, 9.17) is 4.74 Å². The number of nitrogens with one attached hydrogen (secondary N) is 1. The van der Waals surface area contributed by atoms with E-state index in [2.05, 4.69) is 15.1 Å². The highest BCUT2D eigenvalue weighted by molar-refractivity contribution is 5.80. The topological polar surface area (TPSA) is 44.8 Å². The molecule has 3 rings (SSSR count). The fourth-order valence-electron chi connectivity index (χ4n) is 4.31. The normalized spacial score (nSPS) is 24.8. The van der Waals surface area contributed by atoms with Gasteiger partial charge in [0.15, 0.2) is 0 Å². The molecule has 6 heteroatoms. The van der Waals surface area contributed by atoms with Crippen LogP contribution in [-0.4, -0.2) is 62.8 Å². The molecule has 28 heavy (non-hydrogen) atoms. The third-order valence-corrected chi connectivity index (χ3v) is 6.33. The minimum absolute atomic E-state index is 0.00123. The number of methoxy groups -OCH3 is 1. The maximum absolute atomic E-state index is 13.9. The molecule has 2 aliphatic rings. The van der Waals surface area contributed by atoms with Gasteiger partial charge < -0.3 is 15.0 Å². The second kappa shape index (κ2) is 10.2. The van der Waals surface area contributed by atoms with Gasteiger partial charge in [-0.05, 0) is 63.6 Å². The highest BCUT2D eigenvalue weighted by Crippen LogP contribution is 2.27. The molecule has 1 heterocycles. The maximum Gasteiger partial charge on any atom is 0.249 e. The van der Waals surface area contributed by atoms with Crippen molar-refractivity contribution >= 4 is 11.6 Å². The van der Waals surface area contributed by atoms with Gasteiger partial charge in [-0.2, -0.15) is 0 Å². The van der Waals surface area contributed by atoms with Gasteiger partial charge in [-0.1, -0.05) is 12.1 Å². The molecule has 1 aromatic rings. The average Bonchev–Trinajstić information content (AvgIpc) is 2.73. The highest BCUT2D eigenvalue weighted by Gasteiger charge is 2.25. The Morgan fingerprint density at radius 2 is 1.86 bits per heavy atom. The molecule has 1 N–H and O–H groups in total. The van der Waals surface area contributed by atoms with Crippen molar-refractivity contribution in [2.75, 3.05) is 44.7 Å². The van der Waals surface area contributed by atoms with Crippen LogP contribution >= 0.6 is 0 Å². The Bertz CT molecular complexity index is 626. The van der Waals surface area contributed by atoms with Gasteiger partial charge in [-0.15, -0.1) is 0 Å². The molecule has 1 saturated heterocycles. The van der Waals surface area contributed by atoms with Crippen molar-refractivity contribution in [2.45, 2.75) is 51.2 Å². The largest absolute Gasteiger partial charge is 0.372 e. The van der Waals surface area contributed by atoms with Crippen LogP contribution in [0, 0.1) is 11.7 Å². The first-order valence-electron chi connectivity index (χ1n) is 10.6. The van der Waals surface area contributed by atoms with Gasteiger partial charge in [-0.3, -0.25) is 9.69 Å². The summed E-state index contributed by atoms with van der Waals surface area (Å²) in [6.45, 7) is 6.67. The standard InChI is InChI=1S/C22H34FN3O2/c1-17(28-2)22(27)24-19-9-7-18(8-10-19)11-12-25-13-15-26(16-14-25)21-6-4-3-5-20(21)23/h3-6,17-19H,7-16H2,1-2H3,(H,24,27). The van der Waals surface area contributed by atoms with Crippen LogP contribution in [0.2, 0.25) is 0 Å². The van der Waals surface area contributed by atoms with Crippen molar-refractivity contribution in [3.8, 4) is 0 Å². The second-order valence-corrected chi connectivity index (χ2v) is 8.17. The van der Waals surface area contributed by atoms with Gasteiger partial charge in [0.1, 0.15) is 11.9 Å². The van der Waals surface area contributed by atoms with E-state index in [1.165, 1.54) is 25.3 Å². The predicted octanol–water partition coefficient (Wildman–Crippen LogP) is 3.05. The van der Waals surface area contributed by atoms with Crippen LogP contribution < -0.4 is 10.2 Å². The number of carbonyl (C=O) groups excluding carboxylic acids is 1. The highest BCUT2D eigenvalue weighted by atomic mass is 19.1. The summed E-state index contributed by atoms with van der Waals surface area (Å²) in [5, 5.41) is 3.11. The first kappa shape index (κ1) is 21.1. The Kier molecular flexibility index (Phi) is 7.68. The van der Waals surface area contributed by atoms with Gasteiger partial charge in [0.2, 0.25) is 5.91 Å². The molecule has 1 unspecified atom stereocenters. The molecule has 1 aromatic carbocycles. The van der Waals surface area contributed by atoms with E-state index < -0.39 is 0 Å². The zero-order chi connectivity index (χ0) is 19.9. The smallest absolute Gasteiger partial charge is 0.249 e. The Morgan fingerprint density at radius 3 is 2.50 bits per heavy atom. The summed E-state index contributed by atoms with van der Waals surface area (Å²) in [5.41, 5.74) is 0.727. The van der Waals surface area contributed by atoms with Crippen LogP contribution in [0.3, 0.4) is 0 Å². The molecule has 5 nitrogen and oxygen atoms in total. The third kappa shape index (κ3) is 5.67. The number of para-hydroxylation sites is 1. The summed E-state index contributed by atoms with van der Waals surface area (Å²) in [4.78, 5) is 16.6. The lowest BCUT2D eigenvalue weighted by molar-refractivity contribution is -0.131. The van der Waals surface area contributed by atoms with Crippen molar-refractivity contribution < 1.29 is 13.9 Å². The summed E-state index contributed by atoms with van der Waals surface area (Å²) >= 11 is 0. The first-order chi connectivity index (χ1) is 13.6. The van der Waals surface area contributed by atoms with E-state index in [0.29, 0.717) is 6.04 Å². The molecule has 156 valence electrons. The fraction of sp³-hybridized carbons (Fsp3) is 0.682. The number of amides is 1. The van der Waals surface area contributed by atoms with Crippen molar-refractivity contribution in [1.29, 1.82) is 0 Å². The van der Waals surface area contributed by atoms with Crippen molar-refractivity contribution in [3.05, 3.63) is 30.1 Å². The van der Waals surface area contributed by atoms with Gasteiger partial charge in [0.05, 0.1) is 5.69 Å². The van der Waals surface area contributed by atoms with Crippen LogP contribution in [0.15, 0.2) is 24.3 Å². The molecule has 2 fully saturated rings. The summed E-state index contributed by atoms with van der Waals surface area (Å²) in [6.07, 6.45) is 5.33. The summed E-state index contributed by atoms with van der Waals surface area (Å²) in [7, 11) is 1.57. The van der Waals surface area contributed by atoms with Crippen LogP contribution in [0.4, 0.5) is 10.1 Å². The lowest BCUT2D eigenvalue weighted by atomic mass is 9.84. The average molecular weight is 392 g/mol. The van der Waals surface area contributed by atoms with Gasteiger partial charge in [0.25, 0.3) is 0 Å². The fourth-order valence-corrected chi connectivity index (χ4v) is 4.31.